The first kappa shape index (κ1) is 14.5. The molecule has 0 radical (unpaired) electrons. The van der Waals surface area contributed by atoms with Crippen molar-refractivity contribution < 1.29 is 9.47 Å². The summed E-state index contributed by atoms with van der Waals surface area (Å²) in [6.07, 6.45) is 3.54. The normalized spacial score (nSPS) is 16.2. The Morgan fingerprint density at radius 1 is 1.26 bits per heavy atom. The van der Waals surface area contributed by atoms with Crippen LogP contribution in [-0.2, 0) is 6.42 Å². The molecule has 0 saturated heterocycles. The van der Waals surface area contributed by atoms with E-state index in [1.54, 1.807) is 14.2 Å². The Labute approximate surface area is 119 Å². The van der Waals surface area contributed by atoms with Crippen LogP contribution in [0.3, 0.4) is 0 Å². The molecule has 19 heavy (non-hydrogen) atoms. The topological polar surface area (TPSA) is 44.5 Å². The molecule has 1 fully saturated rings. The number of hydrogen-bond acceptors (Lipinski definition) is 4. The molecule has 2 rings (SSSR count). The molecule has 1 aliphatic rings. The minimum atomic E-state index is 0.114. The summed E-state index contributed by atoms with van der Waals surface area (Å²) in [6, 6.07) is 4.27. The van der Waals surface area contributed by atoms with Gasteiger partial charge in [-0.15, -0.1) is 11.8 Å². The average Bonchev–Trinajstić information content (AvgIpc) is 3.20. The van der Waals surface area contributed by atoms with Gasteiger partial charge in [0.05, 0.1) is 19.1 Å². The van der Waals surface area contributed by atoms with Crippen molar-refractivity contribution in [1.82, 2.24) is 0 Å². The van der Waals surface area contributed by atoms with Gasteiger partial charge >= 0.3 is 0 Å². The minimum absolute atomic E-state index is 0.114. The highest BCUT2D eigenvalue weighted by Crippen LogP contribution is 2.40. The van der Waals surface area contributed by atoms with Crippen LogP contribution >= 0.6 is 11.8 Å². The molecule has 0 aromatic heterocycles. The number of benzene rings is 1. The molecule has 1 atom stereocenters. The fraction of sp³-hybridized carbons (Fsp3) is 0.600. The Morgan fingerprint density at radius 3 is 2.47 bits per heavy atom. The van der Waals surface area contributed by atoms with Gasteiger partial charge in [-0.05, 0) is 49.8 Å². The molecular weight excluding hydrogens is 258 g/mol. The Balaban J connectivity index is 2.20. The third kappa shape index (κ3) is 4.05. The monoisotopic (exact) mass is 281 g/mol. The van der Waals surface area contributed by atoms with Gasteiger partial charge in [-0.1, -0.05) is 0 Å². The smallest absolute Gasteiger partial charge is 0.132 e. The predicted molar refractivity (Wildman–Crippen MR) is 80.3 cm³/mol. The number of ether oxygens (including phenoxy) is 2. The van der Waals surface area contributed by atoms with E-state index in [0.29, 0.717) is 0 Å². The molecule has 0 aliphatic heterocycles. The van der Waals surface area contributed by atoms with Gasteiger partial charge in [0.1, 0.15) is 11.5 Å². The zero-order chi connectivity index (χ0) is 13.8. The van der Waals surface area contributed by atoms with E-state index in [4.69, 9.17) is 15.2 Å². The maximum atomic E-state index is 5.88. The van der Waals surface area contributed by atoms with Crippen molar-refractivity contribution in [1.29, 1.82) is 0 Å². The molecule has 1 unspecified atom stereocenters. The molecule has 2 N–H and O–H groups in total. The van der Waals surface area contributed by atoms with Crippen molar-refractivity contribution in [2.24, 2.45) is 11.7 Å². The summed E-state index contributed by atoms with van der Waals surface area (Å²) in [7, 11) is 3.43. The fourth-order valence-electron chi connectivity index (χ4n) is 2.04. The van der Waals surface area contributed by atoms with Crippen LogP contribution in [0.1, 0.15) is 25.3 Å². The van der Waals surface area contributed by atoms with Gasteiger partial charge in [0.2, 0.25) is 0 Å². The number of thioether (sulfide) groups is 1. The molecule has 3 nitrogen and oxygen atoms in total. The van der Waals surface area contributed by atoms with Crippen LogP contribution in [0.25, 0.3) is 0 Å². The molecule has 1 aliphatic carbocycles. The summed E-state index contributed by atoms with van der Waals surface area (Å²) in [5.41, 5.74) is 7.00. The molecular formula is C15H23NO2S. The maximum absolute atomic E-state index is 5.88. The second kappa shape index (κ2) is 6.53. The molecule has 1 aromatic rings. The van der Waals surface area contributed by atoms with Crippen LogP contribution in [0.4, 0.5) is 0 Å². The van der Waals surface area contributed by atoms with Crippen LogP contribution in [-0.4, -0.2) is 26.0 Å². The minimum Gasteiger partial charge on any atom is -0.496 e. The Bertz CT molecular complexity index is 430. The average molecular weight is 281 g/mol. The highest BCUT2D eigenvalue weighted by atomic mass is 32.2. The second-order valence-corrected chi connectivity index (χ2v) is 6.31. The van der Waals surface area contributed by atoms with Gasteiger partial charge in [-0.3, -0.25) is 0 Å². The maximum Gasteiger partial charge on any atom is 0.132 e. The highest BCUT2D eigenvalue weighted by molar-refractivity contribution is 7.99. The zero-order valence-corrected chi connectivity index (χ0v) is 12.8. The molecule has 1 saturated carbocycles. The summed E-state index contributed by atoms with van der Waals surface area (Å²) in [6.45, 7) is 2.00. The lowest BCUT2D eigenvalue weighted by atomic mass is 10.1. The lowest BCUT2D eigenvalue weighted by Gasteiger charge is -2.15. The van der Waals surface area contributed by atoms with E-state index < -0.39 is 0 Å². The lowest BCUT2D eigenvalue weighted by molar-refractivity contribution is 0.389. The quantitative estimate of drug-likeness (QED) is 0.780. The number of methoxy groups -OCH3 is 2. The third-order valence-electron chi connectivity index (χ3n) is 3.28. The number of hydrogen-bond donors (Lipinski definition) is 1. The van der Waals surface area contributed by atoms with Crippen molar-refractivity contribution in [3.8, 4) is 11.5 Å². The summed E-state index contributed by atoms with van der Waals surface area (Å²) in [5, 5.41) is 0. The van der Waals surface area contributed by atoms with Crippen LogP contribution in [0.5, 0.6) is 11.5 Å². The van der Waals surface area contributed by atoms with E-state index in [2.05, 4.69) is 12.1 Å². The summed E-state index contributed by atoms with van der Waals surface area (Å²) >= 11 is 1.86. The fourth-order valence-corrected chi connectivity index (χ4v) is 3.27. The second-order valence-electron chi connectivity index (χ2n) is 5.25. The first-order chi connectivity index (χ1) is 9.13. The third-order valence-corrected chi connectivity index (χ3v) is 4.55. The lowest BCUT2D eigenvalue weighted by Crippen LogP contribution is -2.18. The van der Waals surface area contributed by atoms with E-state index in [9.17, 15) is 0 Å². The van der Waals surface area contributed by atoms with Crippen molar-refractivity contribution in [3.05, 3.63) is 17.7 Å². The van der Waals surface area contributed by atoms with Crippen LogP contribution in [0.15, 0.2) is 17.0 Å². The summed E-state index contributed by atoms with van der Waals surface area (Å²) in [5.74, 6) is 3.91. The number of nitrogens with two attached hydrogens (primary N) is 1. The van der Waals surface area contributed by atoms with Crippen LogP contribution in [0, 0.1) is 5.92 Å². The largest absolute Gasteiger partial charge is 0.496 e. The van der Waals surface area contributed by atoms with E-state index in [0.717, 1.165) is 29.4 Å². The van der Waals surface area contributed by atoms with E-state index in [1.165, 1.54) is 23.5 Å². The molecule has 0 amide bonds. The van der Waals surface area contributed by atoms with E-state index in [1.807, 2.05) is 18.7 Å². The molecule has 106 valence electrons. The predicted octanol–water partition coefficient (Wildman–Crippen LogP) is 3.10. The van der Waals surface area contributed by atoms with Crippen molar-refractivity contribution in [3.63, 3.8) is 0 Å². The van der Waals surface area contributed by atoms with Gasteiger partial charge in [0.15, 0.2) is 0 Å². The van der Waals surface area contributed by atoms with Crippen molar-refractivity contribution in [2.45, 2.75) is 37.1 Å². The summed E-state index contributed by atoms with van der Waals surface area (Å²) < 4.78 is 11.0. The van der Waals surface area contributed by atoms with Crippen molar-refractivity contribution in [2.75, 3.05) is 20.0 Å². The molecule has 0 bridgehead atoms. The Morgan fingerprint density at radius 2 is 1.95 bits per heavy atom. The van der Waals surface area contributed by atoms with Gasteiger partial charge in [-0.2, -0.15) is 0 Å². The standard InChI is InChI=1S/C15H23NO2S/c1-10(16)6-12-7-14(18-3)15(8-13(12)17-2)19-9-11-4-5-11/h7-8,10-11H,4-6,9,16H2,1-3H3. The van der Waals surface area contributed by atoms with Crippen LogP contribution in [0.2, 0.25) is 0 Å². The van der Waals surface area contributed by atoms with E-state index >= 15 is 0 Å². The van der Waals surface area contributed by atoms with Crippen LogP contribution < -0.4 is 15.2 Å². The van der Waals surface area contributed by atoms with Crippen molar-refractivity contribution >= 4 is 11.8 Å². The zero-order valence-electron chi connectivity index (χ0n) is 11.9. The summed E-state index contributed by atoms with van der Waals surface area (Å²) in [4.78, 5) is 1.17. The molecule has 4 heteroatoms. The first-order valence-corrected chi connectivity index (χ1v) is 7.76. The van der Waals surface area contributed by atoms with E-state index in [-0.39, 0.29) is 6.04 Å². The van der Waals surface area contributed by atoms with Gasteiger partial charge in [0.25, 0.3) is 0 Å². The Kier molecular flexibility index (Phi) is 4.99. The van der Waals surface area contributed by atoms with Gasteiger partial charge in [0, 0.05) is 11.8 Å². The van der Waals surface area contributed by atoms with Gasteiger partial charge < -0.3 is 15.2 Å². The highest BCUT2D eigenvalue weighted by Gasteiger charge is 2.22. The molecule has 0 heterocycles. The Hall–Kier alpha value is -0.870. The number of rotatable bonds is 7. The van der Waals surface area contributed by atoms with Gasteiger partial charge in [-0.25, -0.2) is 0 Å². The molecule has 1 aromatic carbocycles. The molecule has 0 spiro atoms. The SMILES string of the molecule is COc1cc(SCC2CC2)c(OC)cc1CC(C)N. The first-order valence-electron chi connectivity index (χ1n) is 6.77.